The number of amides is 1. The van der Waals surface area contributed by atoms with Crippen molar-refractivity contribution >= 4 is 6.09 Å². The van der Waals surface area contributed by atoms with Gasteiger partial charge in [0.1, 0.15) is 11.8 Å². The molecular formula is C12H21FN2O2. The van der Waals surface area contributed by atoms with Gasteiger partial charge in [0.2, 0.25) is 0 Å². The Labute approximate surface area is 101 Å². The van der Waals surface area contributed by atoms with Crippen LogP contribution >= 0.6 is 0 Å². The minimum atomic E-state index is -0.782. The zero-order valence-corrected chi connectivity index (χ0v) is 10.7. The fourth-order valence-corrected chi connectivity index (χ4v) is 2.51. The van der Waals surface area contributed by atoms with Crippen LogP contribution in [-0.4, -0.2) is 48.9 Å². The first kappa shape index (κ1) is 12.6. The topological polar surface area (TPSA) is 41.6 Å². The number of carbonyl (C=O) groups is 1. The number of fused-ring (bicyclic) bond motifs is 2. The molecule has 0 aromatic carbocycles. The largest absolute Gasteiger partial charge is 0.444 e. The van der Waals surface area contributed by atoms with Crippen molar-refractivity contribution in [2.75, 3.05) is 26.2 Å². The molecule has 0 aliphatic carbocycles. The van der Waals surface area contributed by atoms with Gasteiger partial charge in [-0.1, -0.05) is 0 Å². The molecule has 2 aliphatic heterocycles. The Morgan fingerprint density at radius 2 is 1.82 bits per heavy atom. The summed E-state index contributed by atoms with van der Waals surface area (Å²) in [4.78, 5) is 13.6. The first-order valence-electron chi connectivity index (χ1n) is 6.19. The predicted molar refractivity (Wildman–Crippen MR) is 62.6 cm³/mol. The maximum absolute atomic E-state index is 13.8. The number of nitrogens with one attached hydrogen (secondary N) is 1. The number of hydrogen-bond donors (Lipinski definition) is 1. The molecule has 2 bridgehead atoms. The van der Waals surface area contributed by atoms with Crippen molar-refractivity contribution in [1.82, 2.24) is 10.2 Å². The number of piperidine rings is 2. The first-order valence-corrected chi connectivity index (χ1v) is 6.19. The van der Waals surface area contributed by atoms with Gasteiger partial charge >= 0.3 is 6.09 Å². The lowest BCUT2D eigenvalue weighted by atomic mass is 9.84. The third-order valence-corrected chi connectivity index (χ3v) is 3.28. The second-order valence-electron chi connectivity index (χ2n) is 6.01. The molecule has 1 amide bonds. The SMILES string of the molecule is CC(C)(C)OC(=O)N1CC2CNCC(C1)C2F. The van der Waals surface area contributed by atoms with Crippen LogP contribution in [0.15, 0.2) is 0 Å². The third kappa shape index (κ3) is 2.89. The van der Waals surface area contributed by atoms with Crippen LogP contribution in [0.3, 0.4) is 0 Å². The summed E-state index contributed by atoms with van der Waals surface area (Å²) in [5, 5.41) is 3.21. The van der Waals surface area contributed by atoms with E-state index in [2.05, 4.69) is 5.32 Å². The summed E-state index contributed by atoms with van der Waals surface area (Å²) in [6.45, 7) is 7.74. The average Bonchev–Trinajstić information content (AvgIpc) is 2.13. The molecule has 2 rings (SSSR count). The molecule has 1 N–H and O–H groups in total. The highest BCUT2D eigenvalue weighted by atomic mass is 19.1. The van der Waals surface area contributed by atoms with Gasteiger partial charge in [-0.3, -0.25) is 0 Å². The Bertz CT molecular complexity index is 289. The Kier molecular flexibility index (Phi) is 3.30. The van der Waals surface area contributed by atoms with E-state index in [4.69, 9.17) is 4.74 Å². The molecule has 2 heterocycles. The van der Waals surface area contributed by atoms with Gasteiger partial charge in [-0.05, 0) is 20.8 Å². The fourth-order valence-electron chi connectivity index (χ4n) is 2.51. The van der Waals surface area contributed by atoms with Crippen LogP contribution in [0.25, 0.3) is 0 Å². The highest BCUT2D eigenvalue weighted by Gasteiger charge is 2.42. The van der Waals surface area contributed by atoms with E-state index in [1.54, 1.807) is 4.90 Å². The molecule has 2 aliphatic rings. The van der Waals surface area contributed by atoms with Gasteiger partial charge in [0, 0.05) is 38.0 Å². The second kappa shape index (κ2) is 4.44. The maximum Gasteiger partial charge on any atom is 0.410 e. The summed E-state index contributed by atoms with van der Waals surface area (Å²) in [6.07, 6.45) is -1.10. The van der Waals surface area contributed by atoms with Crippen molar-refractivity contribution in [3.8, 4) is 0 Å². The number of ether oxygens (including phenoxy) is 1. The summed E-state index contributed by atoms with van der Waals surface area (Å²) in [5.41, 5.74) is -0.489. The quantitative estimate of drug-likeness (QED) is 0.700. The summed E-state index contributed by atoms with van der Waals surface area (Å²) in [7, 11) is 0. The lowest BCUT2D eigenvalue weighted by molar-refractivity contribution is -0.0189. The molecule has 17 heavy (non-hydrogen) atoms. The molecule has 0 spiro atoms. The number of alkyl halides is 1. The Hall–Kier alpha value is -0.840. The Morgan fingerprint density at radius 3 is 2.29 bits per heavy atom. The molecule has 0 aromatic heterocycles. The van der Waals surface area contributed by atoms with Crippen molar-refractivity contribution in [2.45, 2.75) is 32.5 Å². The van der Waals surface area contributed by atoms with Crippen LogP contribution in [0.5, 0.6) is 0 Å². The smallest absolute Gasteiger partial charge is 0.410 e. The number of likely N-dealkylation sites (tertiary alicyclic amines) is 1. The Balaban J connectivity index is 1.97. The van der Waals surface area contributed by atoms with E-state index in [9.17, 15) is 9.18 Å². The van der Waals surface area contributed by atoms with E-state index in [0.717, 1.165) is 0 Å². The number of carbonyl (C=O) groups excluding carboxylic acids is 1. The van der Waals surface area contributed by atoms with E-state index in [-0.39, 0.29) is 17.9 Å². The van der Waals surface area contributed by atoms with Crippen LogP contribution in [0.1, 0.15) is 20.8 Å². The molecule has 0 aromatic rings. The van der Waals surface area contributed by atoms with Crippen molar-refractivity contribution in [3.63, 3.8) is 0 Å². The van der Waals surface area contributed by atoms with Crippen LogP contribution in [0.4, 0.5) is 9.18 Å². The molecule has 2 saturated heterocycles. The predicted octanol–water partition coefficient (Wildman–Crippen LogP) is 1.41. The third-order valence-electron chi connectivity index (χ3n) is 3.28. The van der Waals surface area contributed by atoms with Gasteiger partial charge in [-0.15, -0.1) is 0 Å². The van der Waals surface area contributed by atoms with Crippen LogP contribution < -0.4 is 5.32 Å². The van der Waals surface area contributed by atoms with E-state index >= 15 is 0 Å². The summed E-state index contributed by atoms with van der Waals surface area (Å²) in [5.74, 6) is -0.176. The first-order chi connectivity index (χ1) is 7.87. The van der Waals surface area contributed by atoms with Gasteiger partial charge in [0.05, 0.1) is 0 Å². The molecule has 0 radical (unpaired) electrons. The van der Waals surface area contributed by atoms with Crippen LogP contribution in [-0.2, 0) is 4.74 Å². The van der Waals surface area contributed by atoms with E-state index in [1.165, 1.54) is 0 Å². The lowest BCUT2D eigenvalue weighted by Gasteiger charge is -2.44. The van der Waals surface area contributed by atoms with Gasteiger partial charge < -0.3 is 15.0 Å². The van der Waals surface area contributed by atoms with Crippen LogP contribution in [0.2, 0.25) is 0 Å². The van der Waals surface area contributed by atoms with E-state index in [0.29, 0.717) is 26.2 Å². The second-order valence-corrected chi connectivity index (χ2v) is 6.01. The van der Waals surface area contributed by atoms with Gasteiger partial charge in [-0.25, -0.2) is 9.18 Å². The molecule has 2 atom stereocenters. The molecule has 2 fully saturated rings. The molecule has 4 nitrogen and oxygen atoms in total. The number of halogens is 1. The highest BCUT2D eigenvalue weighted by molar-refractivity contribution is 5.68. The van der Waals surface area contributed by atoms with Gasteiger partial charge in [0.15, 0.2) is 0 Å². The maximum atomic E-state index is 13.8. The zero-order valence-electron chi connectivity index (χ0n) is 10.7. The van der Waals surface area contributed by atoms with Gasteiger partial charge in [0.25, 0.3) is 0 Å². The molecule has 5 heteroatoms. The average molecular weight is 244 g/mol. The monoisotopic (exact) mass is 244 g/mol. The van der Waals surface area contributed by atoms with Crippen LogP contribution in [0, 0.1) is 11.8 Å². The molecular weight excluding hydrogens is 223 g/mol. The van der Waals surface area contributed by atoms with Crippen molar-refractivity contribution in [1.29, 1.82) is 0 Å². The van der Waals surface area contributed by atoms with E-state index in [1.807, 2.05) is 20.8 Å². The van der Waals surface area contributed by atoms with Crippen molar-refractivity contribution in [3.05, 3.63) is 0 Å². The molecule has 0 saturated carbocycles. The fraction of sp³-hybridized carbons (Fsp3) is 0.917. The zero-order chi connectivity index (χ0) is 12.6. The normalized spacial score (nSPS) is 33.4. The Morgan fingerprint density at radius 1 is 1.29 bits per heavy atom. The number of nitrogens with zero attached hydrogens (tertiary/aromatic N) is 1. The molecule has 98 valence electrons. The van der Waals surface area contributed by atoms with E-state index < -0.39 is 11.8 Å². The van der Waals surface area contributed by atoms with Crippen molar-refractivity contribution in [2.24, 2.45) is 11.8 Å². The molecule has 2 unspecified atom stereocenters. The summed E-state index contributed by atoms with van der Waals surface area (Å²) < 4.78 is 19.2. The minimum absolute atomic E-state index is 0.0879. The van der Waals surface area contributed by atoms with Crippen molar-refractivity contribution < 1.29 is 13.9 Å². The standard InChI is InChI=1S/C12H21FN2O2/c1-12(2,3)17-11(16)15-6-8-4-14-5-9(7-15)10(8)13/h8-10,14H,4-7H2,1-3H3. The minimum Gasteiger partial charge on any atom is -0.444 e. The lowest BCUT2D eigenvalue weighted by Crippen LogP contribution is -2.59. The summed E-state index contributed by atoms with van der Waals surface area (Å²) in [6, 6.07) is 0. The number of rotatable bonds is 0. The number of hydrogen-bond acceptors (Lipinski definition) is 3. The summed E-state index contributed by atoms with van der Waals surface area (Å²) >= 11 is 0. The van der Waals surface area contributed by atoms with Gasteiger partial charge in [-0.2, -0.15) is 0 Å². The highest BCUT2D eigenvalue weighted by Crippen LogP contribution is 2.28.